The number of rotatable bonds is 5. The minimum atomic E-state index is -0.251. The maximum absolute atomic E-state index is 11.9. The van der Waals surface area contributed by atoms with E-state index in [1.165, 1.54) is 12.1 Å². The third-order valence-electron chi connectivity index (χ3n) is 3.01. The van der Waals surface area contributed by atoms with Crippen LogP contribution in [0.4, 0.5) is 0 Å². The van der Waals surface area contributed by atoms with Gasteiger partial charge in [-0.15, -0.1) is 0 Å². The van der Waals surface area contributed by atoms with Crippen LogP contribution in [0.5, 0.6) is 5.75 Å². The summed E-state index contributed by atoms with van der Waals surface area (Å²) in [4.78, 5) is 11.9. The lowest BCUT2D eigenvalue weighted by Crippen LogP contribution is -2.31. The number of carbonyl (C=O) groups excluding carboxylic acids is 1. The van der Waals surface area contributed by atoms with Gasteiger partial charge in [0.1, 0.15) is 5.75 Å². The van der Waals surface area contributed by atoms with Crippen molar-refractivity contribution in [3.8, 4) is 5.75 Å². The van der Waals surface area contributed by atoms with Crippen LogP contribution in [0.1, 0.15) is 18.5 Å². The molecule has 3 nitrogen and oxygen atoms in total. The van der Waals surface area contributed by atoms with Crippen molar-refractivity contribution in [2.24, 2.45) is 0 Å². The fourth-order valence-electron chi connectivity index (χ4n) is 1.87. The van der Waals surface area contributed by atoms with E-state index in [4.69, 9.17) is 39.5 Å². The van der Waals surface area contributed by atoms with Crippen LogP contribution in [0.2, 0.25) is 15.1 Å². The number of hydrogen-bond acceptors (Lipinski definition) is 2. The number of amides is 1. The maximum Gasteiger partial charge on any atom is 0.258 e. The van der Waals surface area contributed by atoms with Gasteiger partial charge >= 0.3 is 0 Å². The zero-order valence-corrected chi connectivity index (χ0v) is 14.0. The van der Waals surface area contributed by atoms with Crippen molar-refractivity contribution in [1.29, 1.82) is 0 Å². The monoisotopic (exact) mass is 357 g/mol. The minimum absolute atomic E-state index is 0.110. The largest absolute Gasteiger partial charge is 0.482 e. The zero-order valence-electron chi connectivity index (χ0n) is 11.8. The molecule has 2 rings (SSSR count). The van der Waals surface area contributed by atoms with Gasteiger partial charge in [-0.05, 0) is 18.6 Å². The van der Waals surface area contributed by atoms with Crippen molar-refractivity contribution in [1.82, 2.24) is 5.32 Å². The molecule has 1 N–H and O–H groups in total. The maximum atomic E-state index is 11.9. The van der Waals surface area contributed by atoms with Crippen LogP contribution in [0.3, 0.4) is 0 Å². The number of halogens is 3. The van der Waals surface area contributed by atoms with Crippen molar-refractivity contribution in [2.75, 3.05) is 6.61 Å². The van der Waals surface area contributed by atoms with Gasteiger partial charge in [-0.25, -0.2) is 0 Å². The molecular formula is C16H14Cl3NO2. The minimum Gasteiger partial charge on any atom is -0.482 e. The highest BCUT2D eigenvalue weighted by Gasteiger charge is 2.12. The van der Waals surface area contributed by atoms with Gasteiger partial charge in [-0.1, -0.05) is 65.1 Å². The van der Waals surface area contributed by atoms with E-state index in [9.17, 15) is 4.79 Å². The van der Waals surface area contributed by atoms with Crippen LogP contribution in [-0.4, -0.2) is 12.5 Å². The first-order valence-corrected chi connectivity index (χ1v) is 7.72. The van der Waals surface area contributed by atoms with Gasteiger partial charge in [0, 0.05) is 6.07 Å². The second-order valence-electron chi connectivity index (χ2n) is 4.69. The van der Waals surface area contributed by atoms with Gasteiger partial charge in [-0.2, -0.15) is 0 Å². The van der Waals surface area contributed by atoms with Gasteiger partial charge in [0.25, 0.3) is 5.91 Å². The fourth-order valence-corrected chi connectivity index (χ4v) is 2.46. The second kappa shape index (κ2) is 7.73. The molecule has 0 aliphatic carbocycles. The van der Waals surface area contributed by atoms with E-state index in [-0.39, 0.29) is 18.6 Å². The van der Waals surface area contributed by atoms with Crippen molar-refractivity contribution in [2.45, 2.75) is 13.0 Å². The summed E-state index contributed by atoms with van der Waals surface area (Å²) >= 11 is 17.7. The highest BCUT2D eigenvalue weighted by atomic mass is 35.5. The number of ether oxygens (including phenoxy) is 1. The number of nitrogens with one attached hydrogen (secondary N) is 1. The molecule has 0 radical (unpaired) electrons. The molecule has 6 heteroatoms. The molecule has 0 saturated carbocycles. The summed E-state index contributed by atoms with van der Waals surface area (Å²) in [7, 11) is 0. The first-order valence-electron chi connectivity index (χ1n) is 6.59. The lowest BCUT2D eigenvalue weighted by Gasteiger charge is -2.15. The third kappa shape index (κ3) is 4.54. The molecule has 22 heavy (non-hydrogen) atoms. The first-order chi connectivity index (χ1) is 10.5. The normalized spacial score (nSPS) is 11.8. The average molecular weight is 359 g/mol. The summed E-state index contributed by atoms with van der Waals surface area (Å²) in [5, 5.41) is 3.80. The van der Waals surface area contributed by atoms with Crippen molar-refractivity contribution in [3.63, 3.8) is 0 Å². The molecule has 1 atom stereocenters. The Balaban J connectivity index is 1.92. The van der Waals surface area contributed by atoms with Gasteiger partial charge in [0.2, 0.25) is 0 Å². The summed E-state index contributed by atoms with van der Waals surface area (Å²) in [6, 6.07) is 12.5. The van der Waals surface area contributed by atoms with Crippen molar-refractivity contribution in [3.05, 3.63) is 63.1 Å². The number of carbonyl (C=O) groups is 1. The Bertz CT molecular complexity index is 662. The summed E-state index contributed by atoms with van der Waals surface area (Å²) in [5.74, 6) is 0.0667. The Labute approximate surface area is 144 Å². The molecular weight excluding hydrogens is 345 g/mol. The zero-order chi connectivity index (χ0) is 16.1. The van der Waals surface area contributed by atoms with Crippen LogP contribution in [0, 0.1) is 0 Å². The molecule has 2 aromatic rings. The summed E-state index contributed by atoms with van der Waals surface area (Å²) < 4.78 is 5.38. The van der Waals surface area contributed by atoms with E-state index < -0.39 is 0 Å². The van der Waals surface area contributed by atoms with Crippen molar-refractivity contribution >= 4 is 40.7 Å². The fraction of sp³-hybridized carbons (Fsp3) is 0.188. The average Bonchev–Trinajstić information content (AvgIpc) is 2.50. The molecule has 116 valence electrons. The molecule has 0 fully saturated rings. The number of benzene rings is 2. The van der Waals surface area contributed by atoms with E-state index >= 15 is 0 Å². The molecule has 0 aliphatic rings. The number of hydrogen-bond donors (Lipinski definition) is 1. The molecule has 0 saturated heterocycles. The lowest BCUT2D eigenvalue weighted by atomic mass is 10.1. The molecule has 0 heterocycles. The molecule has 0 unspecified atom stereocenters. The Morgan fingerprint density at radius 1 is 1.09 bits per heavy atom. The summed E-state index contributed by atoms with van der Waals surface area (Å²) in [6.07, 6.45) is 0. The molecule has 0 bridgehead atoms. The predicted molar refractivity (Wildman–Crippen MR) is 90.0 cm³/mol. The Morgan fingerprint density at radius 3 is 2.41 bits per heavy atom. The van der Waals surface area contributed by atoms with Gasteiger partial charge in [0.05, 0.1) is 21.1 Å². The second-order valence-corrected chi connectivity index (χ2v) is 5.91. The van der Waals surface area contributed by atoms with E-state index in [0.717, 1.165) is 5.56 Å². The van der Waals surface area contributed by atoms with Crippen LogP contribution < -0.4 is 10.1 Å². The SMILES string of the molecule is C[C@@H](NC(=O)COc1cc(Cl)c(Cl)cc1Cl)c1ccccc1. The highest BCUT2D eigenvalue weighted by Crippen LogP contribution is 2.33. The summed E-state index contributed by atoms with van der Waals surface area (Å²) in [6.45, 7) is 1.74. The van der Waals surface area contributed by atoms with Crippen LogP contribution in [0.15, 0.2) is 42.5 Å². The third-order valence-corrected chi connectivity index (χ3v) is 4.03. The molecule has 0 spiro atoms. The Kier molecular flexibility index (Phi) is 5.95. The molecule has 2 aromatic carbocycles. The predicted octanol–water partition coefficient (Wildman–Crippen LogP) is 4.90. The van der Waals surface area contributed by atoms with E-state index in [1.807, 2.05) is 37.3 Å². The smallest absolute Gasteiger partial charge is 0.258 e. The van der Waals surface area contributed by atoms with Gasteiger partial charge in [-0.3, -0.25) is 4.79 Å². The quantitative estimate of drug-likeness (QED) is 0.772. The van der Waals surface area contributed by atoms with Crippen LogP contribution >= 0.6 is 34.8 Å². The van der Waals surface area contributed by atoms with Crippen LogP contribution in [0.25, 0.3) is 0 Å². The van der Waals surface area contributed by atoms with Crippen LogP contribution in [-0.2, 0) is 4.79 Å². The standard InChI is InChI=1S/C16H14Cl3NO2/c1-10(11-5-3-2-4-6-11)20-16(21)9-22-15-8-13(18)12(17)7-14(15)19/h2-8,10H,9H2,1H3,(H,20,21)/t10-/m1/s1. The molecule has 0 aromatic heterocycles. The van der Waals surface area contributed by atoms with E-state index in [1.54, 1.807) is 0 Å². The molecule has 0 aliphatic heterocycles. The first kappa shape index (κ1) is 16.9. The van der Waals surface area contributed by atoms with E-state index in [0.29, 0.717) is 20.8 Å². The summed E-state index contributed by atoms with van der Waals surface area (Å²) in [5.41, 5.74) is 1.02. The van der Waals surface area contributed by atoms with Crippen molar-refractivity contribution < 1.29 is 9.53 Å². The molecule has 1 amide bonds. The van der Waals surface area contributed by atoms with Gasteiger partial charge < -0.3 is 10.1 Å². The van der Waals surface area contributed by atoms with E-state index in [2.05, 4.69) is 5.32 Å². The Morgan fingerprint density at radius 2 is 1.73 bits per heavy atom. The van der Waals surface area contributed by atoms with Gasteiger partial charge in [0.15, 0.2) is 6.61 Å². The topological polar surface area (TPSA) is 38.3 Å². The lowest BCUT2D eigenvalue weighted by molar-refractivity contribution is -0.123. The Hall–Kier alpha value is -1.42. The highest BCUT2D eigenvalue weighted by molar-refractivity contribution is 6.43.